The maximum Gasteiger partial charge on any atom is 0.114 e. The molecule has 0 amide bonds. The molecule has 0 radical (unpaired) electrons. The van der Waals surface area contributed by atoms with Crippen LogP contribution in [0.4, 0.5) is 0 Å². The standard InChI is InChI=1S/C10H12ClN3S/c1-6(2)14-7(3)9(11)10(13-14)8-4-12-15-5-8/h4-6H,1-3H3. The van der Waals surface area contributed by atoms with E-state index >= 15 is 0 Å². The Morgan fingerprint density at radius 2 is 2.20 bits per heavy atom. The number of nitrogens with zero attached hydrogens (tertiary/aromatic N) is 3. The number of halogens is 1. The van der Waals surface area contributed by atoms with Gasteiger partial charge in [-0.2, -0.15) is 5.10 Å². The largest absolute Gasteiger partial charge is 0.265 e. The Morgan fingerprint density at radius 1 is 1.47 bits per heavy atom. The van der Waals surface area contributed by atoms with Gasteiger partial charge < -0.3 is 0 Å². The summed E-state index contributed by atoms with van der Waals surface area (Å²) in [6.07, 6.45) is 1.79. The van der Waals surface area contributed by atoms with Crippen molar-refractivity contribution in [3.63, 3.8) is 0 Å². The highest BCUT2D eigenvalue weighted by Crippen LogP contribution is 2.31. The van der Waals surface area contributed by atoms with Crippen molar-refractivity contribution in [3.05, 3.63) is 22.3 Å². The minimum atomic E-state index is 0.322. The molecule has 0 spiro atoms. The first-order valence-corrected chi connectivity index (χ1v) is 5.97. The van der Waals surface area contributed by atoms with E-state index in [4.69, 9.17) is 11.6 Å². The number of rotatable bonds is 2. The minimum Gasteiger partial charge on any atom is -0.265 e. The summed E-state index contributed by atoms with van der Waals surface area (Å²) >= 11 is 7.65. The average molecular weight is 242 g/mol. The van der Waals surface area contributed by atoms with Crippen molar-refractivity contribution in [2.45, 2.75) is 26.8 Å². The third-order valence-electron chi connectivity index (χ3n) is 2.27. The van der Waals surface area contributed by atoms with Gasteiger partial charge in [-0.3, -0.25) is 4.68 Å². The summed E-state index contributed by atoms with van der Waals surface area (Å²) in [7, 11) is 0. The summed E-state index contributed by atoms with van der Waals surface area (Å²) in [5, 5.41) is 7.19. The summed E-state index contributed by atoms with van der Waals surface area (Å²) in [5.41, 5.74) is 2.83. The van der Waals surface area contributed by atoms with Crippen molar-refractivity contribution in [2.24, 2.45) is 0 Å². The summed E-state index contributed by atoms with van der Waals surface area (Å²) in [6.45, 7) is 6.16. The second-order valence-corrected chi connectivity index (χ2v) is 4.73. The molecular formula is C10H12ClN3S. The van der Waals surface area contributed by atoms with Crippen LogP contribution >= 0.6 is 23.1 Å². The SMILES string of the molecule is Cc1c(Cl)c(-c2cnsc2)nn1C(C)C. The van der Waals surface area contributed by atoms with E-state index < -0.39 is 0 Å². The molecule has 0 saturated heterocycles. The third-order valence-corrected chi connectivity index (χ3v) is 3.31. The molecule has 0 bridgehead atoms. The fourth-order valence-electron chi connectivity index (χ4n) is 1.51. The van der Waals surface area contributed by atoms with Gasteiger partial charge in [-0.05, 0) is 32.3 Å². The molecule has 2 aromatic rings. The zero-order valence-corrected chi connectivity index (χ0v) is 10.4. The molecule has 0 aliphatic heterocycles. The lowest BCUT2D eigenvalue weighted by atomic mass is 10.2. The maximum absolute atomic E-state index is 6.24. The lowest BCUT2D eigenvalue weighted by molar-refractivity contribution is 0.520. The lowest BCUT2D eigenvalue weighted by Crippen LogP contribution is -2.04. The topological polar surface area (TPSA) is 30.7 Å². The molecular weight excluding hydrogens is 230 g/mol. The first-order chi connectivity index (χ1) is 7.11. The number of hydrogen-bond acceptors (Lipinski definition) is 3. The van der Waals surface area contributed by atoms with Crippen LogP contribution in [0.2, 0.25) is 5.02 Å². The third kappa shape index (κ3) is 1.79. The van der Waals surface area contributed by atoms with Gasteiger partial charge in [0.05, 0.1) is 16.9 Å². The first-order valence-electron chi connectivity index (χ1n) is 4.75. The Hall–Kier alpha value is -0.870. The van der Waals surface area contributed by atoms with Gasteiger partial charge in [-0.25, -0.2) is 4.37 Å². The molecule has 2 aromatic heterocycles. The molecule has 0 unspecified atom stereocenters. The van der Waals surface area contributed by atoms with Crippen LogP contribution in [0, 0.1) is 6.92 Å². The van der Waals surface area contributed by atoms with Crippen molar-refractivity contribution in [1.29, 1.82) is 0 Å². The Labute approximate surface area is 97.9 Å². The highest BCUT2D eigenvalue weighted by Gasteiger charge is 2.16. The van der Waals surface area contributed by atoms with Crippen LogP contribution < -0.4 is 0 Å². The second kappa shape index (κ2) is 3.94. The average Bonchev–Trinajstić information content (AvgIpc) is 2.77. The predicted octanol–water partition coefficient (Wildman–Crippen LogP) is 3.55. The molecule has 0 aliphatic carbocycles. The quantitative estimate of drug-likeness (QED) is 0.805. The number of hydrogen-bond donors (Lipinski definition) is 0. The molecule has 0 N–H and O–H groups in total. The lowest BCUT2D eigenvalue weighted by Gasteiger charge is -2.06. The monoisotopic (exact) mass is 241 g/mol. The van der Waals surface area contributed by atoms with E-state index in [2.05, 4.69) is 23.3 Å². The zero-order valence-electron chi connectivity index (χ0n) is 8.86. The van der Waals surface area contributed by atoms with E-state index in [0.717, 1.165) is 22.0 Å². The van der Waals surface area contributed by atoms with E-state index in [-0.39, 0.29) is 0 Å². The van der Waals surface area contributed by atoms with Crippen LogP contribution in [0.1, 0.15) is 25.6 Å². The van der Waals surface area contributed by atoms with Crippen LogP contribution in [-0.4, -0.2) is 14.2 Å². The fourth-order valence-corrected chi connectivity index (χ4v) is 2.26. The van der Waals surface area contributed by atoms with Crippen LogP contribution in [-0.2, 0) is 0 Å². The molecule has 0 aromatic carbocycles. The van der Waals surface area contributed by atoms with Gasteiger partial charge in [-0.15, -0.1) is 0 Å². The van der Waals surface area contributed by atoms with Crippen molar-refractivity contribution in [2.75, 3.05) is 0 Å². The fraction of sp³-hybridized carbons (Fsp3) is 0.400. The van der Waals surface area contributed by atoms with Crippen molar-refractivity contribution in [3.8, 4) is 11.3 Å². The summed E-state index contributed by atoms with van der Waals surface area (Å²) in [5.74, 6) is 0. The predicted molar refractivity (Wildman–Crippen MR) is 63.5 cm³/mol. The minimum absolute atomic E-state index is 0.322. The molecule has 2 rings (SSSR count). The van der Waals surface area contributed by atoms with Gasteiger partial charge in [0.25, 0.3) is 0 Å². The summed E-state index contributed by atoms with van der Waals surface area (Å²) < 4.78 is 6.00. The molecule has 5 heteroatoms. The molecule has 0 fully saturated rings. The van der Waals surface area contributed by atoms with Gasteiger partial charge in [0.1, 0.15) is 5.69 Å². The first kappa shape index (κ1) is 10.6. The Balaban J connectivity index is 2.55. The van der Waals surface area contributed by atoms with Gasteiger partial charge in [0, 0.05) is 17.0 Å². The molecule has 3 nitrogen and oxygen atoms in total. The van der Waals surface area contributed by atoms with Gasteiger partial charge in [0.15, 0.2) is 0 Å². The van der Waals surface area contributed by atoms with E-state index in [1.165, 1.54) is 11.5 Å². The van der Waals surface area contributed by atoms with E-state index in [1.54, 1.807) is 6.20 Å². The zero-order chi connectivity index (χ0) is 11.0. The molecule has 0 atom stereocenters. The van der Waals surface area contributed by atoms with Gasteiger partial charge in [0.2, 0.25) is 0 Å². The Morgan fingerprint density at radius 3 is 2.67 bits per heavy atom. The maximum atomic E-state index is 6.24. The number of aromatic nitrogens is 3. The molecule has 80 valence electrons. The summed E-state index contributed by atoms with van der Waals surface area (Å²) in [4.78, 5) is 0. The van der Waals surface area contributed by atoms with Crippen LogP contribution in [0.15, 0.2) is 11.6 Å². The van der Waals surface area contributed by atoms with Gasteiger partial charge >= 0.3 is 0 Å². The highest BCUT2D eigenvalue weighted by molar-refractivity contribution is 7.03. The van der Waals surface area contributed by atoms with Crippen LogP contribution in [0.5, 0.6) is 0 Å². The van der Waals surface area contributed by atoms with Crippen LogP contribution in [0.25, 0.3) is 11.3 Å². The smallest absolute Gasteiger partial charge is 0.114 e. The van der Waals surface area contributed by atoms with E-state index in [9.17, 15) is 0 Å². The van der Waals surface area contributed by atoms with Crippen LogP contribution in [0.3, 0.4) is 0 Å². The molecule has 0 saturated carbocycles. The van der Waals surface area contributed by atoms with Crippen molar-refractivity contribution < 1.29 is 0 Å². The Bertz CT molecular complexity index is 459. The van der Waals surface area contributed by atoms with Crippen molar-refractivity contribution in [1.82, 2.24) is 14.2 Å². The molecule has 0 aliphatic rings. The van der Waals surface area contributed by atoms with E-state index in [0.29, 0.717) is 6.04 Å². The van der Waals surface area contributed by atoms with E-state index in [1.807, 2.05) is 17.0 Å². The van der Waals surface area contributed by atoms with Gasteiger partial charge in [-0.1, -0.05) is 11.6 Å². The summed E-state index contributed by atoms with van der Waals surface area (Å²) in [6, 6.07) is 0.322. The van der Waals surface area contributed by atoms with Crippen molar-refractivity contribution >= 4 is 23.1 Å². The normalized spacial score (nSPS) is 11.3. The molecule has 15 heavy (non-hydrogen) atoms. The Kier molecular flexibility index (Phi) is 2.80. The molecule has 2 heterocycles. The second-order valence-electron chi connectivity index (χ2n) is 3.70. The highest BCUT2D eigenvalue weighted by atomic mass is 35.5.